The molecule has 0 bridgehead atoms. The number of rotatable bonds is 3. The first kappa shape index (κ1) is 11.2. The molecule has 0 unspecified atom stereocenters. The molecule has 0 saturated carbocycles. The zero-order valence-electron chi connectivity index (χ0n) is 9.26. The van der Waals surface area contributed by atoms with Gasteiger partial charge in [-0.15, -0.1) is 0 Å². The molecule has 0 aromatic carbocycles. The van der Waals surface area contributed by atoms with Gasteiger partial charge in [0.15, 0.2) is 0 Å². The molecule has 1 aromatic heterocycles. The van der Waals surface area contributed by atoms with Crippen molar-refractivity contribution in [3.63, 3.8) is 0 Å². The summed E-state index contributed by atoms with van der Waals surface area (Å²) in [7, 11) is 1.64. The quantitative estimate of drug-likeness (QED) is 0.715. The Labute approximate surface area is 93.2 Å². The molecule has 1 fully saturated rings. The summed E-state index contributed by atoms with van der Waals surface area (Å²) in [6.07, 6.45) is 0.665. The molecule has 88 valence electrons. The Kier molecular flexibility index (Phi) is 3.31. The number of methoxy groups -OCH3 is 1. The SMILES string of the molecule is CO[C@H](C)[C@H]1COCN1c1ccnc(F)n1. The van der Waals surface area contributed by atoms with Gasteiger partial charge in [0.25, 0.3) is 0 Å². The van der Waals surface area contributed by atoms with Gasteiger partial charge in [-0.2, -0.15) is 9.37 Å². The Morgan fingerprint density at radius 1 is 1.69 bits per heavy atom. The van der Waals surface area contributed by atoms with E-state index in [4.69, 9.17) is 9.47 Å². The fourth-order valence-electron chi connectivity index (χ4n) is 1.73. The standard InChI is InChI=1S/C10H14FN3O2/c1-7(15-2)8-5-16-6-14(8)9-3-4-12-10(11)13-9/h3-4,7-8H,5-6H2,1-2H3/t7-,8-/m1/s1. The number of halogens is 1. The van der Waals surface area contributed by atoms with Crippen LogP contribution in [0.4, 0.5) is 10.2 Å². The van der Waals surface area contributed by atoms with Gasteiger partial charge in [-0.1, -0.05) is 0 Å². The van der Waals surface area contributed by atoms with E-state index < -0.39 is 6.08 Å². The van der Waals surface area contributed by atoms with Crippen LogP contribution in [0.2, 0.25) is 0 Å². The summed E-state index contributed by atoms with van der Waals surface area (Å²) in [5, 5.41) is 0. The summed E-state index contributed by atoms with van der Waals surface area (Å²) in [6.45, 7) is 2.90. The summed E-state index contributed by atoms with van der Waals surface area (Å²) < 4.78 is 23.5. The van der Waals surface area contributed by atoms with Gasteiger partial charge in [-0.05, 0) is 13.0 Å². The van der Waals surface area contributed by atoms with E-state index in [0.717, 1.165) is 0 Å². The highest BCUT2D eigenvalue weighted by Crippen LogP contribution is 2.21. The minimum absolute atomic E-state index is 0.000488. The summed E-state index contributed by atoms with van der Waals surface area (Å²) in [4.78, 5) is 9.03. The second-order valence-corrected chi connectivity index (χ2v) is 3.66. The van der Waals surface area contributed by atoms with Crippen LogP contribution < -0.4 is 4.90 Å². The average molecular weight is 227 g/mol. The third kappa shape index (κ3) is 2.12. The van der Waals surface area contributed by atoms with Crippen LogP contribution in [-0.2, 0) is 9.47 Å². The molecule has 6 heteroatoms. The van der Waals surface area contributed by atoms with Crippen molar-refractivity contribution in [1.29, 1.82) is 0 Å². The van der Waals surface area contributed by atoms with Gasteiger partial charge in [-0.25, -0.2) is 4.98 Å². The van der Waals surface area contributed by atoms with E-state index in [9.17, 15) is 4.39 Å². The molecule has 2 heterocycles. The first-order chi connectivity index (χ1) is 7.72. The van der Waals surface area contributed by atoms with E-state index in [1.54, 1.807) is 13.2 Å². The average Bonchev–Trinajstić information content (AvgIpc) is 2.77. The summed E-state index contributed by atoms with van der Waals surface area (Å²) in [5.41, 5.74) is 0. The monoisotopic (exact) mass is 227 g/mol. The maximum Gasteiger partial charge on any atom is 0.310 e. The minimum Gasteiger partial charge on any atom is -0.380 e. The number of hydrogen-bond acceptors (Lipinski definition) is 5. The van der Waals surface area contributed by atoms with Crippen molar-refractivity contribution < 1.29 is 13.9 Å². The predicted molar refractivity (Wildman–Crippen MR) is 55.5 cm³/mol. The van der Waals surface area contributed by atoms with E-state index in [-0.39, 0.29) is 12.1 Å². The van der Waals surface area contributed by atoms with Crippen LogP contribution in [0.3, 0.4) is 0 Å². The molecule has 1 aromatic rings. The molecule has 2 rings (SSSR count). The van der Waals surface area contributed by atoms with Gasteiger partial charge < -0.3 is 14.4 Å². The van der Waals surface area contributed by atoms with Crippen molar-refractivity contribution >= 4 is 5.82 Å². The Balaban J connectivity index is 2.19. The van der Waals surface area contributed by atoms with Crippen molar-refractivity contribution in [3.8, 4) is 0 Å². The number of aromatic nitrogens is 2. The lowest BCUT2D eigenvalue weighted by molar-refractivity contribution is 0.0860. The molecule has 1 aliphatic rings. The highest BCUT2D eigenvalue weighted by atomic mass is 19.1. The molecule has 1 saturated heterocycles. The summed E-state index contributed by atoms with van der Waals surface area (Å²) in [5.74, 6) is 0.527. The van der Waals surface area contributed by atoms with E-state index in [1.807, 2.05) is 11.8 Å². The fourth-order valence-corrected chi connectivity index (χ4v) is 1.73. The zero-order chi connectivity index (χ0) is 11.5. The molecular formula is C10H14FN3O2. The maximum absolute atomic E-state index is 12.9. The highest BCUT2D eigenvalue weighted by Gasteiger charge is 2.31. The molecule has 0 N–H and O–H groups in total. The van der Waals surface area contributed by atoms with Crippen molar-refractivity contribution in [2.24, 2.45) is 0 Å². The van der Waals surface area contributed by atoms with Gasteiger partial charge in [0.2, 0.25) is 0 Å². The molecule has 1 aliphatic heterocycles. The van der Waals surface area contributed by atoms with Crippen molar-refractivity contribution in [2.45, 2.75) is 19.1 Å². The number of nitrogens with zero attached hydrogens (tertiary/aromatic N) is 3. The Morgan fingerprint density at radius 3 is 3.19 bits per heavy atom. The molecule has 0 radical (unpaired) electrons. The summed E-state index contributed by atoms with van der Waals surface area (Å²) >= 11 is 0. The molecular weight excluding hydrogens is 213 g/mol. The lowest BCUT2D eigenvalue weighted by Crippen LogP contribution is -2.40. The van der Waals surface area contributed by atoms with Gasteiger partial charge in [0.05, 0.1) is 18.8 Å². The first-order valence-electron chi connectivity index (χ1n) is 5.08. The summed E-state index contributed by atoms with van der Waals surface area (Å²) in [6, 6.07) is 1.71. The topological polar surface area (TPSA) is 47.5 Å². The van der Waals surface area contributed by atoms with Crippen molar-refractivity contribution in [2.75, 3.05) is 25.3 Å². The molecule has 2 atom stereocenters. The molecule has 0 amide bonds. The van der Waals surface area contributed by atoms with Crippen LogP contribution in [0, 0.1) is 6.08 Å². The van der Waals surface area contributed by atoms with E-state index in [0.29, 0.717) is 19.2 Å². The van der Waals surface area contributed by atoms with E-state index >= 15 is 0 Å². The molecule has 16 heavy (non-hydrogen) atoms. The molecule has 5 nitrogen and oxygen atoms in total. The van der Waals surface area contributed by atoms with Crippen molar-refractivity contribution in [3.05, 3.63) is 18.3 Å². The number of anilines is 1. The van der Waals surface area contributed by atoms with Crippen LogP contribution >= 0.6 is 0 Å². The van der Waals surface area contributed by atoms with Crippen LogP contribution in [0.5, 0.6) is 0 Å². The largest absolute Gasteiger partial charge is 0.380 e. The number of hydrogen-bond donors (Lipinski definition) is 0. The second-order valence-electron chi connectivity index (χ2n) is 3.66. The molecule has 0 aliphatic carbocycles. The lowest BCUT2D eigenvalue weighted by atomic mass is 10.2. The van der Waals surface area contributed by atoms with Gasteiger partial charge in [0, 0.05) is 13.3 Å². The van der Waals surface area contributed by atoms with E-state index in [1.165, 1.54) is 6.20 Å². The smallest absolute Gasteiger partial charge is 0.310 e. The lowest BCUT2D eigenvalue weighted by Gasteiger charge is -2.27. The minimum atomic E-state index is -0.729. The highest BCUT2D eigenvalue weighted by molar-refractivity contribution is 5.39. The maximum atomic E-state index is 12.9. The van der Waals surface area contributed by atoms with Gasteiger partial charge in [0.1, 0.15) is 12.5 Å². The fraction of sp³-hybridized carbons (Fsp3) is 0.600. The third-order valence-electron chi connectivity index (χ3n) is 2.74. The first-order valence-corrected chi connectivity index (χ1v) is 5.08. The van der Waals surface area contributed by atoms with Gasteiger partial charge >= 0.3 is 6.08 Å². The van der Waals surface area contributed by atoms with Crippen LogP contribution in [-0.4, -0.2) is 42.6 Å². The van der Waals surface area contributed by atoms with Crippen LogP contribution in [0.1, 0.15) is 6.92 Å². The third-order valence-corrected chi connectivity index (χ3v) is 2.74. The molecule has 0 spiro atoms. The van der Waals surface area contributed by atoms with Gasteiger partial charge in [-0.3, -0.25) is 0 Å². The zero-order valence-corrected chi connectivity index (χ0v) is 9.26. The van der Waals surface area contributed by atoms with Crippen molar-refractivity contribution in [1.82, 2.24) is 9.97 Å². The van der Waals surface area contributed by atoms with Crippen LogP contribution in [0.15, 0.2) is 12.3 Å². The predicted octanol–water partition coefficient (Wildman–Crippen LogP) is 0.813. The Hall–Kier alpha value is -1.27. The van der Waals surface area contributed by atoms with E-state index in [2.05, 4.69) is 9.97 Å². The Morgan fingerprint density at radius 2 is 2.50 bits per heavy atom. The second kappa shape index (κ2) is 4.71. The number of ether oxygens (including phenoxy) is 2. The van der Waals surface area contributed by atoms with Crippen LogP contribution in [0.25, 0.3) is 0 Å². The Bertz CT molecular complexity index is 364. The normalized spacial score (nSPS) is 22.4.